The minimum Gasteiger partial charge on any atom is -0.378 e. The van der Waals surface area contributed by atoms with Crippen LogP contribution in [-0.2, 0) is 11.3 Å². The SMILES string of the molecule is CCOCCn1c([N+](=O)[O-])cnc1-c1ccc(F)cc1. The van der Waals surface area contributed by atoms with E-state index in [1.165, 1.54) is 22.9 Å². The van der Waals surface area contributed by atoms with Gasteiger partial charge in [0.1, 0.15) is 18.6 Å². The molecule has 1 heterocycles. The molecule has 6 nitrogen and oxygen atoms in total. The maximum absolute atomic E-state index is 12.9. The van der Waals surface area contributed by atoms with Gasteiger partial charge in [-0.3, -0.25) is 0 Å². The van der Waals surface area contributed by atoms with Crippen molar-refractivity contribution in [1.29, 1.82) is 0 Å². The molecule has 0 aliphatic carbocycles. The van der Waals surface area contributed by atoms with Crippen molar-refractivity contribution in [1.82, 2.24) is 9.55 Å². The third-order valence-corrected chi connectivity index (χ3v) is 2.79. The van der Waals surface area contributed by atoms with E-state index in [9.17, 15) is 14.5 Å². The second-order valence-corrected chi connectivity index (χ2v) is 4.05. The average Bonchev–Trinajstić information content (AvgIpc) is 2.84. The van der Waals surface area contributed by atoms with Crippen LogP contribution in [0.1, 0.15) is 6.92 Å². The van der Waals surface area contributed by atoms with E-state index in [2.05, 4.69) is 4.98 Å². The van der Waals surface area contributed by atoms with Crippen LogP contribution in [0.3, 0.4) is 0 Å². The highest BCUT2D eigenvalue weighted by Gasteiger charge is 2.21. The summed E-state index contributed by atoms with van der Waals surface area (Å²) in [6, 6.07) is 5.67. The predicted molar refractivity (Wildman–Crippen MR) is 70.8 cm³/mol. The Bertz CT molecular complexity index is 595. The van der Waals surface area contributed by atoms with Crippen LogP contribution in [0.2, 0.25) is 0 Å². The van der Waals surface area contributed by atoms with Crippen molar-refractivity contribution in [3.63, 3.8) is 0 Å². The topological polar surface area (TPSA) is 70.2 Å². The Morgan fingerprint density at radius 3 is 2.70 bits per heavy atom. The van der Waals surface area contributed by atoms with Gasteiger partial charge in [-0.15, -0.1) is 0 Å². The van der Waals surface area contributed by atoms with Crippen molar-refractivity contribution in [3.8, 4) is 11.4 Å². The van der Waals surface area contributed by atoms with E-state index in [1.807, 2.05) is 6.92 Å². The number of benzene rings is 1. The smallest absolute Gasteiger partial charge is 0.343 e. The summed E-state index contributed by atoms with van der Waals surface area (Å²) >= 11 is 0. The molecule has 0 atom stereocenters. The first-order valence-corrected chi connectivity index (χ1v) is 6.17. The maximum atomic E-state index is 12.9. The molecule has 2 rings (SSSR count). The van der Waals surface area contributed by atoms with Gasteiger partial charge < -0.3 is 14.9 Å². The van der Waals surface area contributed by atoms with E-state index in [0.717, 1.165) is 0 Å². The fraction of sp³-hybridized carbons (Fsp3) is 0.308. The zero-order valence-corrected chi connectivity index (χ0v) is 11.0. The molecular formula is C13H14FN3O3. The van der Waals surface area contributed by atoms with Crippen molar-refractivity contribution in [2.24, 2.45) is 0 Å². The number of nitro groups is 1. The molecule has 0 N–H and O–H groups in total. The Balaban J connectivity index is 2.36. The lowest BCUT2D eigenvalue weighted by molar-refractivity contribution is -0.392. The zero-order valence-electron chi connectivity index (χ0n) is 11.0. The molecule has 0 saturated heterocycles. The molecule has 0 radical (unpaired) electrons. The minimum atomic E-state index is -0.494. The zero-order chi connectivity index (χ0) is 14.5. The third kappa shape index (κ3) is 3.00. The number of nitrogens with zero attached hydrogens (tertiary/aromatic N) is 3. The molecule has 106 valence electrons. The molecule has 20 heavy (non-hydrogen) atoms. The molecule has 0 amide bonds. The minimum absolute atomic E-state index is 0.107. The lowest BCUT2D eigenvalue weighted by atomic mass is 10.2. The summed E-state index contributed by atoms with van der Waals surface area (Å²) in [5.41, 5.74) is 0.621. The van der Waals surface area contributed by atoms with Crippen molar-refractivity contribution in [3.05, 3.63) is 46.4 Å². The molecule has 0 bridgehead atoms. The van der Waals surface area contributed by atoms with Gasteiger partial charge in [0.25, 0.3) is 0 Å². The van der Waals surface area contributed by atoms with Crippen LogP contribution >= 0.6 is 0 Å². The van der Waals surface area contributed by atoms with E-state index >= 15 is 0 Å². The number of rotatable bonds is 6. The summed E-state index contributed by atoms with van der Waals surface area (Å²) in [6.45, 7) is 3.05. The Morgan fingerprint density at radius 1 is 1.40 bits per heavy atom. The molecule has 0 fully saturated rings. The van der Waals surface area contributed by atoms with Crippen LogP contribution in [0.15, 0.2) is 30.5 Å². The van der Waals surface area contributed by atoms with Crippen LogP contribution in [0.25, 0.3) is 11.4 Å². The molecular weight excluding hydrogens is 265 g/mol. The molecule has 7 heteroatoms. The summed E-state index contributed by atoms with van der Waals surface area (Å²) in [5.74, 6) is -0.0453. The summed E-state index contributed by atoms with van der Waals surface area (Å²) in [5, 5.41) is 11.0. The molecule has 1 aromatic carbocycles. The van der Waals surface area contributed by atoms with Gasteiger partial charge in [-0.05, 0) is 36.1 Å². The van der Waals surface area contributed by atoms with Crippen LogP contribution in [0.5, 0.6) is 0 Å². The van der Waals surface area contributed by atoms with E-state index in [0.29, 0.717) is 31.1 Å². The molecule has 0 aliphatic heterocycles. The Morgan fingerprint density at radius 2 is 2.10 bits per heavy atom. The second-order valence-electron chi connectivity index (χ2n) is 4.05. The van der Waals surface area contributed by atoms with E-state index in [-0.39, 0.29) is 11.6 Å². The monoisotopic (exact) mass is 279 g/mol. The van der Waals surface area contributed by atoms with Crippen molar-refractivity contribution in [2.45, 2.75) is 13.5 Å². The van der Waals surface area contributed by atoms with Gasteiger partial charge in [-0.25, -0.2) is 13.9 Å². The quantitative estimate of drug-likeness (QED) is 0.463. The number of hydrogen-bond acceptors (Lipinski definition) is 4. The maximum Gasteiger partial charge on any atom is 0.343 e. The average molecular weight is 279 g/mol. The van der Waals surface area contributed by atoms with Crippen LogP contribution in [0, 0.1) is 15.9 Å². The first-order valence-electron chi connectivity index (χ1n) is 6.17. The Labute approximate surface area is 115 Å². The number of halogens is 1. The first-order chi connectivity index (χ1) is 9.63. The van der Waals surface area contributed by atoms with Crippen LogP contribution in [-0.4, -0.2) is 27.7 Å². The standard InChI is InChI=1S/C13H14FN3O3/c1-2-20-8-7-16-12(17(18)19)9-15-13(16)10-3-5-11(14)6-4-10/h3-6,9H,2,7-8H2,1H3. The fourth-order valence-corrected chi connectivity index (χ4v) is 1.86. The molecule has 0 unspecified atom stereocenters. The lowest BCUT2D eigenvalue weighted by Gasteiger charge is -2.05. The van der Waals surface area contributed by atoms with Gasteiger partial charge in [0, 0.05) is 12.2 Å². The van der Waals surface area contributed by atoms with Gasteiger partial charge in [0.05, 0.1) is 6.61 Å². The Hall–Kier alpha value is -2.28. The molecule has 0 saturated carbocycles. The highest BCUT2D eigenvalue weighted by atomic mass is 19.1. The Kier molecular flexibility index (Phi) is 4.41. The van der Waals surface area contributed by atoms with Crippen molar-refractivity contribution >= 4 is 5.82 Å². The summed E-state index contributed by atoms with van der Waals surface area (Å²) in [4.78, 5) is 14.6. The van der Waals surface area contributed by atoms with Gasteiger partial charge in [0.15, 0.2) is 0 Å². The molecule has 0 aliphatic rings. The van der Waals surface area contributed by atoms with Gasteiger partial charge in [-0.2, -0.15) is 0 Å². The van der Waals surface area contributed by atoms with Gasteiger partial charge in [-0.1, -0.05) is 0 Å². The first kappa shape index (κ1) is 14.1. The molecule has 2 aromatic rings. The largest absolute Gasteiger partial charge is 0.378 e. The summed E-state index contributed by atoms with van der Waals surface area (Å²) in [7, 11) is 0. The number of imidazole rings is 1. The van der Waals surface area contributed by atoms with Crippen LogP contribution in [0.4, 0.5) is 10.2 Å². The number of aromatic nitrogens is 2. The van der Waals surface area contributed by atoms with E-state index in [1.54, 1.807) is 12.1 Å². The number of ether oxygens (including phenoxy) is 1. The normalized spacial score (nSPS) is 10.7. The van der Waals surface area contributed by atoms with Gasteiger partial charge >= 0.3 is 5.82 Å². The van der Waals surface area contributed by atoms with E-state index in [4.69, 9.17) is 4.74 Å². The highest BCUT2D eigenvalue weighted by Crippen LogP contribution is 2.24. The lowest BCUT2D eigenvalue weighted by Crippen LogP contribution is -2.10. The number of hydrogen-bond donors (Lipinski definition) is 0. The molecule has 0 spiro atoms. The second kappa shape index (κ2) is 6.25. The van der Waals surface area contributed by atoms with Crippen LogP contribution < -0.4 is 0 Å². The summed E-state index contributed by atoms with van der Waals surface area (Å²) in [6.07, 6.45) is 1.20. The van der Waals surface area contributed by atoms with Crippen molar-refractivity contribution in [2.75, 3.05) is 13.2 Å². The fourth-order valence-electron chi connectivity index (χ4n) is 1.86. The molecule has 1 aromatic heterocycles. The highest BCUT2D eigenvalue weighted by molar-refractivity contribution is 5.57. The van der Waals surface area contributed by atoms with E-state index < -0.39 is 4.92 Å². The van der Waals surface area contributed by atoms with Crippen molar-refractivity contribution < 1.29 is 14.1 Å². The third-order valence-electron chi connectivity index (χ3n) is 2.79. The summed E-state index contributed by atoms with van der Waals surface area (Å²) < 4.78 is 19.6. The predicted octanol–water partition coefficient (Wildman–Crippen LogP) is 2.63. The van der Waals surface area contributed by atoms with Gasteiger partial charge in [0.2, 0.25) is 5.82 Å².